The van der Waals surface area contributed by atoms with E-state index in [9.17, 15) is 8.42 Å². The van der Waals surface area contributed by atoms with Crippen molar-refractivity contribution >= 4 is 39.4 Å². The van der Waals surface area contributed by atoms with E-state index in [0.29, 0.717) is 16.5 Å². The van der Waals surface area contributed by atoms with Gasteiger partial charge in [0.2, 0.25) is 0 Å². The van der Waals surface area contributed by atoms with Crippen molar-refractivity contribution in [2.75, 3.05) is 12.9 Å². The zero-order valence-electron chi connectivity index (χ0n) is 13.2. The first-order valence-electron chi connectivity index (χ1n) is 7.37. The van der Waals surface area contributed by atoms with E-state index in [1.54, 1.807) is 6.07 Å². The van der Waals surface area contributed by atoms with E-state index in [2.05, 4.69) is 0 Å². The van der Waals surface area contributed by atoms with Gasteiger partial charge in [-0.3, -0.25) is 4.18 Å². The molecule has 6 heteroatoms. The van der Waals surface area contributed by atoms with E-state index >= 15 is 0 Å². The molecule has 0 aliphatic rings. The van der Waals surface area contributed by atoms with Crippen LogP contribution >= 0.6 is 23.2 Å². The summed E-state index contributed by atoms with van der Waals surface area (Å²) < 4.78 is 27.6. The van der Waals surface area contributed by atoms with Gasteiger partial charge >= 0.3 is 0 Å². The minimum atomic E-state index is -3.51. The van der Waals surface area contributed by atoms with Crippen molar-refractivity contribution < 1.29 is 12.6 Å². The molecule has 0 aromatic heterocycles. The van der Waals surface area contributed by atoms with E-state index in [0.717, 1.165) is 17.4 Å². The maximum atomic E-state index is 11.3. The summed E-state index contributed by atoms with van der Waals surface area (Å²) in [4.78, 5) is 0. The van der Waals surface area contributed by atoms with Gasteiger partial charge in [0.15, 0.2) is 0 Å². The van der Waals surface area contributed by atoms with Gasteiger partial charge in [-0.1, -0.05) is 71.8 Å². The Morgan fingerprint density at radius 2 is 1.67 bits per heavy atom. The molecule has 0 heterocycles. The Morgan fingerprint density at radius 3 is 2.29 bits per heavy atom. The van der Waals surface area contributed by atoms with Crippen LogP contribution in [0.5, 0.6) is 0 Å². The molecule has 2 rings (SSSR count). The van der Waals surface area contributed by atoms with Crippen molar-refractivity contribution in [2.45, 2.75) is 12.3 Å². The molecule has 0 aliphatic heterocycles. The molecule has 0 radical (unpaired) electrons. The largest absolute Gasteiger partial charge is 0.270 e. The van der Waals surface area contributed by atoms with Gasteiger partial charge < -0.3 is 0 Å². The van der Waals surface area contributed by atoms with Crippen molar-refractivity contribution in [1.82, 2.24) is 0 Å². The van der Waals surface area contributed by atoms with Crippen LogP contribution in [0.15, 0.2) is 54.6 Å². The second kappa shape index (κ2) is 8.67. The fourth-order valence-electron chi connectivity index (χ4n) is 2.27. The van der Waals surface area contributed by atoms with Gasteiger partial charge in [0.05, 0.1) is 12.9 Å². The molecule has 1 atom stereocenters. The van der Waals surface area contributed by atoms with Gasteiger partial charge in [0, 0.05) is 16.0 Å². The number of hydrogen-bond acceptors (Lipinski definition) is 3. The smallest absolute Gasteiger partial charge is 0.264 e. The van der Waals surface area contributed by atoms with Crippen LogP contribution < -0.4 is 0 Å². The molecule has 24 heavy (non-hydrogen) atoms. The molecule has 0 N–H and O–H groups in total. The fourth-order valence-corrected chi connectivity index (χ4v) is 3.17. The Kier molecular flexibility index (Phi) is 6.87. The maximum absolute atomic E-state index is 11.3. The predicted octanol–water partition coefficient (Wildman–Crippen LogP) is 5.16. The molecule has 2 aromatic carbocycles. The Balaban J connectivity index is 2.17. The second-order valence-electron chi connectivity index (χ2n) is 5.37. The second-order valence-corrected chi connectivity index (χ2v) is 7.83. The number of hydrogen-bond donors (Lipinski definition) is 0. The zero-order valence-corrected chi connectivity index (χ0v) is 15.5. The first-order valence-corrected chi connectivity index (χ1v) is 9.94. The molecule has 0 saturated carbocycles. The van der Waals surface area contributed by atoms with E-state index in [-0.39, 0.29) is 12.5 Å². The maximum Gasteiger partial charge on any atom is 0.264 e. The molecule has 0 saturated heterocycles. The van der Waals surface area contributed by atoms with Gasteiger partial charge in [-0.2, -0.15) is 8.42 Å². The highest BCUT2D eigenvalue weighted by Gasteiger charge is 2.16. The summed E-state index contributed by atoms with van der Waals surface area (Å²) in [7, 11) is -3.51. The number of allylic oxidation sites excluding steroid dienone is 1. The summed E-state index contributed by atoms with van der Waals surface area (Å²) in [5.74, 6) is -0.174. The molecule has 1 unspecified atom stereocenters. The molecule has 0 spiro atoms. The lowest BCUT2D eigenvalue weighted by Crippen LogP contribution is -2.12. The van der Waals surface area contributed by atoms with Crippen LogP contribution in [-0.4, -0.2) is 21.3 Å². The summed E-state index contributed by atoms with van der Waals surface area (Å²) in [5.41, 5.74) is 1.76. The molecule has 0 fully saturated rings. The summed E-state index contributed by atoms with van der Waals surface area (Å²) >= 11 is 12.4. The van der Waals surface area contributed by atoms with Crippen LogP contribution in [0.1, 0.15) is 23.5 Å². The normalized spacial score (nSPS) is 13.3. The molecule has 2 aromatic rings. The SMILES string of the molecule is CS(=O)(=O)OCC(CC=Cc1ccccc1Cl)c1ccccc1Cl. The molecule has 3 nitrogen and oxygen atoms in total. The minimum absolute atomic E-state index is 0.0371. The molecule has 0 aliphatic carbocycles. The van der Waals surface area contributed by atoms with Crippen LogP contribution in [0.25, 0.3) is 6.08 Å². The van der Waals surface area contributed by atoms with Crippen molar-refractivity contribution in [3.05, 3.63) is 75.8 Å². The highest BCUT2D eigenvalue weighted by molar-refractivity contribution is 7.85. The van der Waals surface area contributed by atoms with E-state index in [4.69, 9.17) is 27.4 Å². The van der Waals surface area contributed by atoms with Gasteiger partial charge in [0.1, 0.15) is 0 Å². The lowest BCUT2D eigenvalue weighted by molar-refractivity contribution is 0.295. The number of halogens is 2. The van der Waals surface area contributed by atoms with Crippen LogP contribution in [-0.2, 0) is 14.3 Å². The Bertz CT molecular complexity index is 817. The molecular formula is C18H18Cl2O3S. The fraction of sp³-hybridized carbons (Fsp3) is 0.222. The highest BCUT2D eigenvalue weighted by Crippen LogP contribution is 2.28. The Morgan fingerprint density at radius 1 is 1.04 bits per heavy atom. The van der Waals surface area contributed by atoms with Crippen molar-refractivity contribution in [1.29, 1.82) is 0 Å². The third kappa shape index (κ3) is 5.95. The standard InChI is InChI=1S/C18H18Cl2O3S/c1-24(21,22)23-13-15(16-10-3-5-12-18(16)20)9-6-8-14-7-2-4-11-17(14)19/h2-8,10-12,15H,9,13H2,1H3. The summed E-state index contributed by atoms with van der Waals surface area (Å²) in [6.07, 6.45) is 5.47. The Labute approximate surface area is 153 Å². The van der Waals surface area contributed by atoms with Crippen molar-refractivity contribution in [3.8, 4) is 0 Å². The molecule has 0 amide bonds. The first-order chi connectivity index (χ1) is 11.4. The average molecular weight is 385 g/mol. The average Bonchev–Trinajstić information content (AvgIpc) is 2.52. The van der Waals surface area contributed by atoms with E-state index in [1.807, 2.05) is 54.6 Å². The number of rotatable bonds is 7. The van der Waals surface area contributed by atoms with Gasteiger partial charge in [-0.25, -0.2) is 0 Å². The van der Waals surface area contributed by atoms with Gasteiger partial charge in [0.25, 0.3) is 10.1 Å². The zero-order chi connectivity index (χ0) is 17.6. The van der Waals surface area contributed by atoms with Crippen LogP contribution in [0.2, 0.25) is 10.0 Å². The summed E-state index contributed by atoms with van der Waals surface area (Å²) in [5, 5.41) is 1.25. The summed E-state index contributed by atoms with van der Waals surface area (Å²) in [6.45, 7) is 0.0371. The van der Waals surface area contributed by atoms with Gasteiger partial charge in [-0.05, 0) is 29.7 Å². The quantitative estimate of drug-likeness (QED) is 0.619. The topological polar surface area (TPSA) is 43.4 Å². The predicted molar refractivity (Wildman–Crippen MR) is 100 cm³/mol. The van der Waals surface area contributed by atoms with Crippen LogP contribution in [0.4, 0.5) is 0 Å². The molecule has 0 bridgehead atoms. The molecule has 128 valence electrons. The molecular weight excluding hydrogens is 367 g/mol. The monoisotopic (exact) mass is 384 g/mol. The van der Waals surface area contributed by atoms with E-state index in [1.165, 1.54) is 0 Å². The minimum Gasteiger partial charge on any atom is -0.270 e. The number of benzene rings is 2. The first kappa shape index (κ1) is 19.0. The summed E-state index contributed by atoms with van der Waals surface area (Å²) in [6, 6.07) is 14.9. The van der Waals surface area contributed by atoms with E-state index < -0.39 is 10.1 Å². The third-order valence-electron chi connectivity index (χ3n) is 3.45. The van der Waals surface area contributed by atoms with Crippen molar-refractivity contribution in [3.63, 3.8) is 0 Å². The van der Waals surface area contributed by atoms with Crippen LogP contribution in [0, 0.1) is 0 Å². The van der Waals surface area contributed by atoms with Crippen LogP contribution in [0.3, 0.4) is 0 Å². The third-order valence-corrected chi connectivity index (χ3v) is 4.70. The van der Waals surface area contributed by atoms with Gasteiger partial charge in [-0.15, -0.1) is 0 Å². The lowest BCUT2D eigenvalue weighted by atomic mass is 9.96. The lowest BCUT2D eigenvalue weighted by Gasteiger charge is -2.16. The Hall–Kier alpha value is -1.33. The highest BCUT2D eigenvalue weighted by atomic mass is 35.5. The van der Waals surface area contributed by atoms with Crippen molar-refractivity contribution in [2.24, 2.45) is 0 Å².